The largest absolute Gasteiger partial charge is 0.364 e. The Morgan fingerprint density at radius 2 is 1.61 bits per heavy atom. The second-order valence-electron chi connectivity index (χ2n) is 7.35. The van der Waals surface area contributed by atoms with Crippen LogP contribution in [0.4, 0.5) is 25.1 Å². The van der Waals surface area contributed by atoms with Crippen LogP contribution in [0.2, 0.25) is 0 Å². The summed E-state index contributed by atoms with van der Waals surface area (Å²) in [5.74, 6) is -0.996. The predicted octanol–water partition coefficient (Wildman–Crippen LogP) is 5.36. The Kier molecular flexibility index (Phi) is 5.75. The van der Waals surface area contributed by atoms with Crippen molar-refractivity contribution in [2.45, 2.75) is 23.9 Å². The molecule has 33 heavy (non-hydrogen) atoms. The topological polar surface area (TPSA) is 83.7 Å². The Labute approximate surface area is 192 Å². The molecule has 3 rings (SSSR count). The van der Waals surface area contributed by atoms with Crippen molar-refractivity contribution < 1.29 is 32.6 Å². The third-order valence-electron chi connectivity index (χ3n) is 4.70. The normalized spacial score (nSPS) is 19.2. The van der Waals surface area contributed by atoms with Crippen molar-refractivity contribution >= 4 is 43.6 Å². The summed E-state index contributed by atoms with van der Waals surface area (Å²) in [4.78, 5) is 11.6. The number of nitrogens with two attached hydrogens (primary N) is 1. The number of hydrogen-bond acceptors (Lipinski definition) is 5. The number of nitrogens with zero attached hydrogens (tertiary/aromatic N) is 2. The summed E-state index contributed by atoms with van der Waals surface area (Å²) in [5, 5.41) is 0. The summed E-state index contributed by atoms with van der Waals surface area (Å²) >= 11 is 0.956. The quantitative estimate of drug-likeness (QED) is 0.489. The van der Waals surface area contributed by atoms with Crippen molar-refractivity contribution in [2.75, 3.05) is 11.2 Å². The molecule has 2 N–H and O–H groups in total. The van der Waals surface area contributed by atoms with Gasteiger partial charge in [0.2, 0.25) is 10.0 Å². The smallest absolute Gasteiger partial charge is 0.310 e. The maximum absolute atomic E-state index is 13.2. The van der Waals surface area contributed by atoms with Crippen LogP contribution < -0.4 is 10.6 Å². The summed E-state index contributed by atoms with van der Waals surface area (Å²) < 4.78 is 91.8. The van der Waals surface area contributed by atoms with E-state index in [0.717, 1.165) is 34.5 Å². The first-order valence-electron chi connectivity index (χ1n) is 9.20. The van der Waals surface area contributed by atoms with Gasteiger partial charge < -0.3 is 10.6 Å². The van der Waals surface area contributed by atoms with Crippen LogP contribution >= 0.6 is 22.0 Å². The molecule has 1 aliphatic heterocycles. The maximum atomic E-state index is 13.2. The average molecular weight is 530 g/mol. The third-order valence-corrected chi connectivity index (χ3v) is 8.32. The van der Waals surface area contributed by atoms with Crippen molar-refractivity contribution in [3.05, 3.63) is 70.8 Å². The number of thioether (sulfide) groups is 1. The number of halogens is 5. The number of primary amides is 1. The molecule has 0 spiro atoms. The van der Waals surface area contributed by atoms with Gasteiger partial charge >= 0.3 is 10.2 Å². The molecule has 1 unspecified atom stereocenters. The number of rotatable bonds is 7. The van der Waals surface area contributed by atoms with Gasteiger partial charge in [-0.1, -0.05) is 61.5 Å². The van der Waals surface area contributed by atoms with Gasteiger partial charge in [-0.3, -0.25) is 4.79 Å². The molecule has 0 aromatic heterocycles. The Hall–Kier alpha value is -2.45. The minimum atomic E-state index is -9.89. The lowest BCUT2D eigenvalue weighted by Gasteiger charge is -2.41. The molecule has 2 aromatic carbocycles. The molecule has 1 aliphatic rings. The highest BCUT2D eigenvalue weighted by atomic mass is 32.5. The van der Waals surface area contributed by atoms with Crippen LogP contribution in [0.3, 0.4) is 0 Å². The molecule has 0 radical (unpaired) electrons. The molecular weight excluding hydrogens is 509 g/mol. The van der Waals surface area contributed by atoms with Gasteiger partial charge in [0.05, 0.1) is 6.26 Å². The number of anilines is 1. The second kappa shape index (κ2) is 7.53. The van der Waals surface area contributed by atoms with Crippen LogP contribution in [0.25, 0.3) is 0 Å². The van der Waals surface area contributed by atoms with E-state index in [4.69, 9.17) is 5.73 Å². The Bertz CT molecular complexity index is 1220. The fourth-order valence-corrected chi connectivity index (χ4v) is 6.76. The van der Waals surface area contributed by atoms with Crippen molar-refractivity contribution in [1.29, 1.82) is 0 Å². The Morgan fingerprint density at radius 1 is 1.06 bits per heavy atom. The first-order chi connectivity index (χ1) is 14.9. The summed E-state index contributed by atoms with van der Waals surface area (Å²) in [6.07, 6.45) is 0.861. The molecule has 2 aromatic rings. The lowest BCUT2D eigenvalue weighted by Crippen LogP contribution is -2.47. The average Bonchev–Trinajstić information content (AvgIpc) is 3.03. The summed E-state index contributed by atoms with van der Waals surface area (Å²) in [7, 11) is -13.9. The van der Waals surface area contributed by atoms with Gasteiger partial charge in [0.15, 0.2) is 5.50 Å². The van der Waals surface area contributed by atoms with Crippen LogP contribution in [0.1, 0.15) is 12.5 Å². The van der Waals surface area contributed by atoms with Gasteiger partial charge in [0.25, 0.3) is 5.91 Å². The van der Waals surface area contributed by atoms with Crippen molar-refractivity contribution in [3.8, 4) is 0 Å². The molecule has 182 valence electrons. The third kappa shape index (κ3) is 5.55. The molecule has 0 saturated heterocycles. The molecule has 1 heterocycles. The number of carbonyl (C=O) groups is 1. The molecule has 0 fully saturated rings. The molecule has 14 heteroatoms. The molecule has 0 saturated carbocycles. The predicted molar refractivity (Wildman–Crippen MR) is 120 cm³/mol. The number of amides is 1. The van der Waals surface area contributed by atoms with E-state index in [9.17, 15) is 32.6 Å². The van der Waals surface area contributed by atoms with Crippen LogP contribution in [0, 0.1) is 0 Å². The van der Waals surface area contributed by atoms with E-state index < -0.39 is 36.5 Å². The standard InChI is InChI=1S/C19H20F5N3O3S3/c1-13-17(18(25)28)27(32(2,29)30)19(31-13)26(12-14-6-4-3-5-7-14)15-8-10-16(11-9-15)33(20,21,22,23)24/h3-11,19H,12H2,1-2H3,(H2,25,28). The van der Waals surface area contributed by atoms with Gasteiger partial charge in [0.1, 0.15) is 10.6 Å². The minimum Gasteiger partial charge on any atom is -0.364 e. The highest BCUT2D eigenvalue weighted by Crippen LogP contribution is 3.02. The van der Waals surface area contributed by atoms with Gasteiger partial charge in [0, 0.05) is 17.1 Å². The number of allylic oxidation sites excluding steroid dienone is 1. The van der Waals surface area contributed by atoms with Crippen molar-refractivity contribution in [2.24, 2.45) is 5.73 Å². The molecular formula is C19H20F5N3O3S3. The first-order valence-corrected chi connectivity index (χ1v) is 13.9. The van der Waals surface area contributed by atoms with Gasteiger partial charge in [-0.15, -0.1) is 0 Å². The van der Waals surface area contributed by atoms with E-state index in [0.29, 0.717) is 10.5 Å². The van der Waals surface area contributed by atoms with E-state index in [1.165, 1.54) is 11.8 Å². The van der Waals surface area contributed by atoms with Gasteiger partial charge in [-0.25, -0.2) is 12.7 Å². The number of benzene rings is 2. The van der Waals surface area contributed by atoms with Crippen molar-refractivity contribution in [1.82, 2.24) is 4.31 Å². The number of hydrogen-bond donors (Lipinski definition) is 1. The summed E-state index contributed by atoms with van der Waals surface area (Å²) in [6.45, 7) is 1.49. The molecule has 1 atom stereocenters. The molecule has 6 nitrogen and oxygen atoms in total. The summed E-state index contributed by atoms with van der Waals surface area (Å²) in [5.41, 5.74) is 4.68. The highest BCUT2D eigenvalue weighted by molar-refractivity contribution is 8.45. The lowest BCUT2D eigenvalue weighted by atomic mass is 10.2. The van der Waals surface area contributed by atoms with E-state index in [1.54, 1.807) is 30.3 Å². The second-order valence-corrected chi connectivity index (χ2v) is 12.9. The highest BCUT2D eigenvalue weighted by Gasteiger charge is 2.65. The SMILES string of the molecule is CC1=C(C(N)=O)N(S(C)(=O)=O)C(N(Cc2ccccc2)c2ccc(S(F)(F)(F)(F)F)cc2)S1. The summed E-state index contributed by atoms with van der Waals surface area (Å²) in [6, 6.07) is 10.8. The fraction of sp³-hybridized carbons (Fsp3) is 0.211. The van der Waals surface area contributed by atoms with Gasteiger partial charge in [-0.05, 0) is 36.8 Å². The minimum absolute atomic E-state index is 0.000391. The van der Waals surface area contributed by atoms with Crippen LogP contribution in [0.15, 0.2) is 70.1 Å². The Morgan fingerprint density at radius 3 is 2.06 bits per heavy atom. The zero-order valence-corrected chi connectivity index (χ0v) is 19.7. The molecule has 0 bridgehead atoms. The Balaban J connectivity index is 2.13. The first kappa shape index (κ1) is 25.2. The zero-order valence-electron chi connectivity index (χ0n) is 17.3. The van der Waals surface area contributed by atoms with Crippen LogP contribution in [0.5, 0.6) is 0 Å². The van der Waals surface area contributed by atoms with Gasteiger partial charge in [-0.2, -0.15) is 0 Å². The fourth-order valence-electron chi connectivity index (χ4n) is 3.30. The van der Waals surface area contributed by atoms with Crippen molar-refractivity contribution in [3.63, 3.8) is 0 Å². The lowest BCUT2D eigenvalue weighted by molar-refractivity contribution is -0.115. The number of sulfonamides is 1. The van der Waals surface area contributed by atoms with E-state index in [-0.39, 0.29) is 30.1 Å². The van der Waals surface area contributed by atoms with E-state index in [2.05, 4.69) is 0 Å². The zero-order chi connectivity index (χ0) is 24.9. The van der Waals surface area contributed by atoms with Crippen LogP contribution in [-0.2, 0) is 21.4 Å². The van der Waals surface area contributed by atoms with E-state index in [1.807, 2.05) is 0 Å². The molecule has 1 amide bonds. The maximum Gasteiger partial charge on any atom is 0.310 e. The number of carbonyl (C=O) groups excluding carboxylic acids is 1. The van der Waals surface area contributed by atoms with Crippen LogP contribution in [-0.4, -0.2) is 30.4 Å². The monoisotopic (exact) mass is 529 g/mol. The van der Waals surface area contributed by atoms with E-state index >= 15 is 0 Å². The molecule has 0 aliphatic carbocycles.